The summed E-state index contributed by atoms with van der Waals surface area (Å²) in [5.74, 6) is -2.37. The smallest absolute Gasteiger partial charge is 0.328 e. The largest absolute Gasteiger partial charge is 0.480 e. The second-order valence-corrected chi connectivity index (χ2v) is 4.86. The zero-order valence-corrected chi connectivity index (χ0v) is 11.6. The summed E-state index contributed by atoms with van der Waals surface area (Å²) in [6, 6.07) is 5.73. The second kappa shape index (κ2) is 6.36. The third-order valence-corrected chi connectivity index (χ3v) is 2.74. The topological polar surface area (TPSA) is 75.6 Å². The third kappa shape index (κ3) is 3.94. The first-order chi connectivity index (χ1) is 9.27. The van der Waals surface area contributed by atoms with E-state index < -0.39 is 29.3 Å². The molecule has 0 fully saturated rings. The fourth-order valence-corrected chi connectivity index (χ4v) is 1.46. The molecular formula is C14H18FNO4. The molecule has 0 spiro atoms. The van der Waals surface area contributed by atoms with Crippen LogP contribution in [0.5, 0.6) is 5.75 Å². The number of halogens is 1. The number of carboxylic acid groups (broad SMARTS) is 1. The standard InChI is InChI=1S/C14H18FNO4/c1-4-10(12(17)16-14(2,3)13(18)19)20-11-8-6-5-7-9(11)15/h5-8,10H,4H2,1-3H3,(H,16,17)(H,18,19). The first-order valence-corrected chi connectivity index (χ1v) is 6.24. The number of rotatable bonds is 6. The molecule has 1 amide bonds. The lowest BCUT2D eigenvalue weighted by Gasteiger charge is -2.25. The van der Waals surface area contributed by atoms with E-state index in [2.05, 4.69) is 5.32 Å². The molecule has 1 atom stereocenters. The van der Waals surface area contributed by atoms with Gasteiger partial charge in [-0.1, -0.05) is 19.1 Å². The highest BCUT2D eigenvalue weighted by Gasteiger charge is 2.32. The molecule has 0 aromatic heterocycles. The minimum Gasteiger partial charge on any atom is -0.480 e. The van der Waals surface area contributed by atoms with Crippen molar-refractivity contribution in [3.05, 3.63) is 30.1 Å². The van der Waals surface area contributed by atoms with Gasteiger partial charge in [0, 0.05) is 0 Å². The van der Waals surface area contributed by atoms with Crippen molar-refractivity contribution in [2.45, 2.75) is 38.8 Å². The maximum Gasteiger partial charge on any atom is 0.328 e. The molecule has 0 saturated heterocycles. The van der Waals surface area contributed by atoms with E-state index in [9.17, 15) is 14.0 Å². The maximum absolute atomic E-state index is 13.5. The van der Waals surface area contributed by atoms with Crippen LogP contribution in [-0.2, 0) is 9.59 Å². The first kappa shape index (κ1) is 15.9. The van der Waals surface area contributed by atoms with Crippen LogP contribution in [0.25, 0.3) is 0 Å². The van der Waals surface area contributed by atoms with Gasteiger partial charge in [0.25, 0.3) is 5.91 Å². The molecule has 0 radical (unpaired) electrons. The van der Waals surface area contributed by atoms with Crippen LogP contribution in [0.15, 0.2) is 24.3 Å². The molecule has 5 nitrogen and oxygen atoms in total. The molecule has 110 valence electrons. The van der Waals surface area contributed by atoms with Gasteiger partial charge in [0.05, 0.1) is 0 Å². The number of hydrogen-bond donors (Lipinski definition) is 2. The van der Waals surface area contributed by atoms with Crippen LogP contribution in [0.4, 0.5) is 4.39 Å². The number of para-hydroxylation sites is 1. The summed E-state index contributed by atoms with van der Waals surface area (Å²) in [7, 11) is 0. The van der Waals surface area contributed by atoms with Gasteiger partial charge in [0.15, 0.2) is 17.7 Å². The Bertz CT molecular complexity index is 502. The molecule has 1 aromatic carbocycles. The highest BCUT2D eigenvalue weighted by Crippen LogP contribution is 2.18. The highest BCUT2D eigenvalue weighted by atomic mass is 19.1. The molecule has 1 unspecified atom stereocenters. The average molecular weight is 283 g/mol. The van der Waals surface area contributed by atoms with Crippen LogP contribution >= 0.6 is 0 Å². The molecule has 6 heteroatoms. The Morgan fingerprint density at radius 2 is 2.00 bits per heavy atom. The number of hydrogen-bond acceptors (Lipinski definition) is 3. The van der Waals surface area contributed by atoms with Gasteiger partial charge in [0.1, 0.15) is 5.54 Å². The zero-order chi connectivity index (χ0) is 15.3. The predicted octanol–water partition coefficient (Wildman–Crippen LogP) is 1.96. The zero-order valence-electron chi connectivity index (χ0n) is 11.6. The van der Waals surface area contributed by atoms with Crippen molar-refractivity contribution in [1.29, 1.82) is 0 Å². The molecule has 1 rings (SSSR count). The van der Waals surface area contributed by atoms with E-state index in [-0.39, 0.29) is 12.2 Å². The van der Waals surface area contributed by atoms with Gasteiger partial charge in [-0.3, -0.25) is 4.79 Å². The number of carboxylic acids is 1. The monoisotopic (exact) mass is 283 g/mol. The van der Waals surface area contributed by atoms with Crippen LogP contribution in [-0.4, -0.2) is 28.6 Å². The van der Waals surface area contributed by atoms with E-state index in [1.54, 1.807) is 13.0 Å². The predicted molar refractivity (Wildman–Crippen MR) is 71.0 cm³/mol. The molecular weight excluding hydrogens is 265 g/mol. The van der Waals surface area contributed by atoms with Crippen molar-refractivity contribution in [3.8, 4) is 5.75 Å². The fourth-order valence-electron chi connectivity index (χ4n) is 1.46. The third-order valence-electron chi connectivity index (χ3n) is 2.74. The van der Waals surface area contributed by atoms with E-state index in [1.807, 2.05) is 0 Å². The van der Waals surface area contributed by atoms with E-state index in [0.29, 0.717) is 0 Å². The Morgan fingerprint density at radius 1 is 1.40 bits per heavy atom. The number of amides is 1. The highest BCUT2D eigenvalue weighted by molar-refractivity contribution is 5.88. The van der Waals surface area contributed by atoms with Crippen LogP contribution in [0.1, 0.15) is 27.2 Å². The molecule has 0 bridgehead atoms. The Balaban J connectivity index is 2.79. The summed E-state index contributed by atoms with van der Waals surface area (Å²) < 4.78 is 18.8. The fraction of sp³-hybridized carbons (Fsp3) is 0.429. The molecule has 0 aliphatic rings. The quantitative estimate of drug-likeness (QED) is 0.837. The minimum atomic E-state index is -1.41. The Morgan fingerprint density at radius 3 is 2.50 bits per heavy atom. The summed E-state index contributed by atoms with van der Waals surface area (Å²) in [4.78, 5) is 23.0. The van der Waals surface area contributed by atoms with Gasteiger partial charge in [-0.05, 0) is 32.4 Å². The number of aliphatic carboxylic acids is 1. The first-order valence-electron chi connectivity index (χ1n) is 6.24. The Kier molecular flexibility index (Phi) is 5.07. The molecule has 1 aromatic rings. The Hall–Kier alpha value is -2.11. The number of benzene rings is 1. The van der Waals surface area contributed by atoms with Crippen molar-refractivity contribution < 1.29 is 23.8 Å². The Labute approximate surface area is 116 Å². The van der Waals surface area contributed by atoms with E-state index in [1.165, 1.54) is 32.0 Å². The van der Waals surface area contributed by atoms with Crippen LogP contribution in [0.3, 0.4) is 0 Å². The summed E-state index contributed by atoms with van der Waals surface area (Å²) in [6.07, 6.45) is -0.666. The van der Waals surface area contributed by atoms with Crippen LogP contribution in [0, 0.1) is 5.82 Å². The summed E-state index contributed by atoms with van der Waals surface area (Å²) in [6.45, 7) is 4.42. The molecule has 20 heavy (non-hydrogen) atoms. The second-order valence-electron chi connectivity index (χ2n) is 4.86. The van der Waals surface area contributed by atoms with Gasteiger partial charge < -0.3 is 15.2 Å². The lowest BCUT2D eigenvalue weighted by Crippen LogP contribution is -2.53. The van der Waals surface area contributed by atoms with E-state index in [0.717, 1.165) is 0 Å². The van der Waals surface area contributed by atoms with Crippen molar-refractivity contribution >= 4 is 11.9 Å². The number of carbonyl (C=O) groups excluding carboxylic acids is 1. The minimum absolute atomic E-state index is 0.0392. The van der Waals surface area contributed by atoms with Crippen molar-refractivity contribution in [3.63, 3.8) is 0 Å². The van der Waals surface area contributed by atoms with Gasteiger partial charge in [0.2, 0.25) is 0 Å². The molecule has 0 heterocycles. The van der Waals surface area contributed by atoms with Crippen molar-refractivity contribution in [2.24, 2.45) is 0 Å². The number of carbonyl (C=O) groups is 2. The van der Waals surface area contributed by atoms with Gasteiger partial charge >= 0.3 is 5.97 Å². The van der Waals surface area contributed by atoms with Gasteiger partial charge in [-0.2, -0.15) is 0 Å². The lowest BCUT2D eigenvalue weighted by molar-refractivity contribution is -0.147. The number of ether oxygens (including phenoxy) is 1. The normalized spacial score (nSPS) is 12.6. The van der Waals surface area contributed by atoms with Gasteiger partial charge in [-0.15, -0.1) is 0 Å². The molecule has 0 aliphatic carbocycles. The van der Waals surface area contributed by atoms with Crippen molar-refractivity contribution in [2.75, 3.05) is 0 Å². The molecule has 2 N–H and O–H groups in total. The summed E-state index contributed by atoms with van der Waals surface area (Å²) >= 11 is 0. The van der Waals surface area contributed by atoms with E-state index >= 15 is 0 Å². The van der Waals surface area contributed by atoms with E-state index in [4.69, 9.17) is 9.84 Å². The molecule has 0 saturated carbocycles. The SMILES string of the molecule is CCC(Oc1ccccc1F)C(=O)NC(C)(C)C(=O)O. The summed E-state index contributed by atoms with van der Waals surface area (Å²) in [5, 5.41) is 11.3. The average Bonchev–Trinajstić information content (AvgIpc) is 2.36. The van der Waals surface area contributed by atoms with Crippen LogP contribution in [0.2, 0.25) is 0 Å². The van der Waals surface area contributed by atoms with Crippen LogP contribution < -0.4 is 10.1 Å². The number of nitrogens with one attached hydrogen (secondary N) is 1. The van der Waals surface area contributed by atoms with Gasteiger partial charge in [-0.25, -0.2) is 9.18 Å². The molecule has 0 aliphatic heterocycles. The van der Waals surface area contributed by atoms with Crippen molar-refractivity contribution in [1.82, 2.24) is 5.32 Å². The lowest BCUT2D eigenvalue weighted by atomic mass is 10.1. The maximum atomic E-state index is 13.5. The summed E-state index contributed by atoms with van der Waals surface area (Å²) in [5.41, 5.74) is -1.41.